The van der Waals surface area contributed by atoms with Crippen LogP contribution in [0.5, 0.6) is 0 Å². The van der Waals surface area contributed by atoms with Crippen molar-refractivity contribution in [1.82, 2.24) is 0 Å². The van der Waals surface area contributed by atoms with Crippen molar-refractivity contribution in [2.24, 2.45) is 10.7 Å². The molecule has 2 nitrogen and oxygen atoms in total. The molecule has 0 fully saturated rings. The number of nitrogens with two attached hydrogens (primary N) is 1. The maximum Gasteiger partial charge on any atom is 0.0385 e. The lowest BCUT2D eigenvalue weighted by Crippen LogP contribution is -1.97. The quantitative estimate of drug-likeness (QED) is 0.397. The summed E-state index contributed by atoms with van der Waals surface area (Å²) in [7, 11) is 0. The van der Waals surface area contributed by atoms with Crippen molar-refractivity contribution in [3.63, 3.8) is 0 Å². The van der Waals surface area contributed by atoms with Crippen LogP contribution in [0.15, 0.2) is 4.99 Å². The van der Waals surface area contributed by atoms with E-state index in [2.05, 4.69) is 4.99 Å². The minimum absolute atomic E-state index is 0.861. The van der Waals surface area contributed by atoms with E-state index in [1.807, 2.05) is 13.1 Å². The Morgan fingerprint density at radius 2 is 1.19 bits per heavy atom. The third kappa shape index (κ3) is 13.6. The molecule has 0 unspecified atom stereocenters. The van der Waals surface area contributed by atoms with E-state index in [9.17, 15) is 0 Å². The summed E-state index contributed by atoms with van der Waals surface area (Å²) in [6.07, 6.45) is 15.5. The van der Waals surface area contributed by atoms with E-state index in [1.165, 1.54) is 64.2 Å². The summed E-state index contributed by atoms with van der Waals surface area (Å²) in [5, 5.41) is 0. The van der Waals surface area contributed by atoms with Crippen LogP contribution < -0.4 is 5.73 Å². The molecule has 0 aromatic carbocycles. The number of hydrogen-bond donors (Lipinski definition) is 1. The summed E-state index contributed by atoms with van der Waals surface area (Å²) in [4.78, 5) is 4.21. The second kappa shape index (κ2) is 14.6. The van der Waals surface area contributed by atoms with Crippen LogP contribution in [0, 0.1) is 0 Å². The van der Waals surface area contributed by atoms with E-state index in [0.29, 0.717) is 0 Å². The van der Waals surface area contributed by atoms with Crippen LogP contribution in [0.3, 0.4) is 0 Å². The van der Waals surface area contributed by atoms with Gasteiger partial charge in [0.15, 0.2) is 0 Å². The average Bonchev–Trinajstić information content (AvgIpc) is 2.31. The van der Waals surface area contributed by atoms with Crippen LogP contribution in [0.2, 0.25) is 0 Å². The first-order chi connectivity index (χ1) is 7.91. The summed E-state index contributed by atoms with van der Waals surface area (Å²) >= 11 is 0. The van der Waals surface area contributed by atoms with E-state index in [1.54, 1.807) is 0 Å². The van der Waals surface area contributed by atoms with Crippen molar-refractivity contribution in [1.29, 1.82) is 0 Å². The first-order valence-corrected chi connectivity index (χ1v) is 7.06. The highest BCUT2D eigenvalue weighted by molar-refractivity contribution is 5.53. The molecule has 0 aliphatic heterocycles. The molecule has 96 valence electrons. The standard InChI is InChI=1S/C14H30N2/c1-2-16-14-12-10-8-6-4-3-5-7-9-11-13-15/h2H,3-15H2,1H3. The minimum atomic E-state index is 0.861. The number of nitrogens with zero attached hydrogens (tertiary/aromatic N) is 1. The average molecular weight is 226 g/mol. The number of hydrogen-bond acceptors (Lipinski definition) is 2. The molecule has 2 heteroatoms. The maximum atomic E-state index is 5.45. The second-order valence-corrected chi connectivity index (χ2v) is 4.49. The fourth-order valence-electron chi connectivity index (χ4n) is 1.89. The second-order valence-electron chi connectivity index (χ2n) is 4.49. The zero-order valence-corrected chi connectivity index (χ0v) is 11.1. The Kier molecular flexibility index (Phi) is 14.3. The Morgan fingerprint density at radius 1 is 0.750 bits per heavy atom. The molecule has 0 bridgehead atoms. The molecular weight excluding hydrogens is 196 g/mol. The van der Waals surface area contributed by atoms with E-state index in [4.69, 9.17) is 5.73 Å². The Hall–Kier alpha value is -0.370. The highest BCUT2D eigenvalue weighted by Crippen LogP contribution is 2.10. The van der Waals surface area contributed by atoms with Crippen molar-refractivity contribution in [3.8, 4) is 0 Å². The van der Waals surface area contributed by atoms with Crippen LogP contribution in [0.4, 0.5) is 0 Å². The first kappa shape index (κ1) is 15.6. The molecule has 0 saturated heterocycles. The summed E-state index contributed by atoms with van der Waals surface area (Å²) in [5.74, 6) is 0. The maximum absolute atomic E-state index is 5.45. The van der Waals surface area contributed by atoms with Gasteiger partial charge in [0.2, 0.25) is 0 Å². The van der Waals surface area contributed by atoms with Gasteiger partial charge in [0.05, 0.1) is 0 Å². The Balaban J connectivity index is 2.88. The SMILES string of the molecule is CC=NCCCCCCCCCCCCN. The van der Waals surface area contributed by atoms with Crippen LogP contribution in [0.25, 0.3) is 0 Å². The Labute approximate surface area is 102 Å². The van der Waals surface area contributed by atoms with Gasteiger partial charge < -0.3 is 5.73 Å². The molecular formula is C14H30N2. The predicted molar refractivity (Wildman–Crippen MR) is 74.3 cm³/mol. The van der Waals surface area contributed by atoms with Crippen molar-refractivity contribution >= 4 is 6.21 Å². The van der Waals surface area contributed by atoms with Gasteiger partial charge in [-0.2, -0.15) is 0 Å². The highest BCUT2D eigenvalue weighted by Gasteiger charge is 1.92. The van der Waals surface area contributed by atoms with Gasteiger partial charge in [-0.05, 0) is 32.5 Å². The number of aliphatic imine (C=N–C) groups is 1. The highest BCUT2D eigenvalue weighted by atomic mass is 14.7. The molecule has 0 rings (SSSR count). The molecule has 0 heterocycles. The monoisotopic (exact) mass is 226 g/mol. The van der Waals surface area contributed by atoms with Crippen LogP contribution in [-0.2, 0) is 0 Å². The zero-order chi connectivity index (χ0) is 11.9. The summed E-state index contributed by atoms with van der Waals surface area (Å²) < 4.78 is 0. The third-order valence-electron chi connectivity index (χ3n) is 2.92. The lowest BCUT2D eigenvalue weighted by atomic mass is 10.1. The third-order valence-corrected chi connectivity index (χ3v) is 2.92. The molecule has 0 amide bonds. The molecule has 0 atom stereocenters. The van der Waals surface area contributed by atoms with Crippen LogP contribution >= 0.6 is 0 Å². The Bertz CT molecular complexity index is 144. The molecule has 0 aliphatic carbocycles. The fourth-order valence-corrected chi connectivity index (χ4v) is 1.89. The zero-order valence-electron chi connectivity index (χ0n) is 11.1. The lowest BCUT2D eigenvalue weighted by Gasteiger charge is -2.01. The van der Waals surface area contributed by atoms with Gasteiger partial charge in [0.1, 0.15) is 0 Å². The number of rotatable bonds is 12. The summed E-state index contributed by atoms with van der Waals surface area (Å²) in [5.41, 5.74) is 5.45. The molecule has 16 heavy (non-hydrogen) atoms. The van der Waals surface area contributed by atoms with E-state index >= 15 is 0 Å². The summed E-state index contributed by atoms with van der Waals surface area (Å²) in [6, 6.07) is 0. The van der Waals surface area contributed by atoms with E-state index < -0.39 is 0 Å². The smallest absolute Gasteiger partial charge is 0.0385 e. The van der Waals surface area contributed by atoms with Crippen LogP contribution in [-0.4, -0.2) is 19.3 Å². The molecule has 2 N–H and O–H groups in total. The van der Waals surface area contributed by atoms with E-state index in [0.717, 1.165) is 13.1 Å². The van der Waals surface area contributed by atoms with Gasteiger partial charge in [-0.25, -0.2) is 0 Å². The van der Waals surface area contributed by atoms with Gasteiger partial charge in [0.25, 0.3) is 0 Å². The summed E-state index contributed by atoms with van der Waals surface area (Å²) in [6.45, 7) is 3.88. The molecule has 0 spiro atoms. The molecule has 0 aromatic heterocycles. The van der Waals surface area contributed by atoms with Crippen molar-refractivity contribution in [3.05, 3.63) is 0 Å². The minimum Gasteiger partial charge on any atom is -0.330 e. The van der Waals surface area contributed by atoms with Gasteiger partial charge in [-0.15, -0.1) is 0 Å². The number of unbranched alkanes of at least 4 members (excludes halogenated alkanes) is 9. The fraction of sp³-hybridized carbons (Fsp3) is 0.929. The van der Waals surface area contributed by atoms with E-state index in [-0.39, 0.29) is 0 Å². The molecule has 0 saturated carbocycles. The molecule has 0 aliphatic rings. The normalized spacial score (nSPS) is 11.4. The van der Waals surface area contributed by atoms with Crippen molar-refractivity contribution in [2.45, 2.75) is 71.1 Å². The topological polar surface area (TPSA) is 38.4 Å². The van der Waals surface area contributed by atoms with Crippen molar-refractivity contribution in [2.75, 3.05) is 13.1 Å². The van der Waals surface area contributed by atoms with Gasteiger partial charge in [-0.3, -0.25) is 4.99 Å². The predicted octanol–water partition coefficient (Wildman–Crippen LogP) is 3.94. The molecule has 0 radical (unpaired) electrons. The van der Waals surface area contributed by atoms with Gasteiger partial charge in [-0.1, -0.05) is 51.4 Å². The molecule has 0 aromatic rings. The first-order valence-electron chi connectivity index (χ1n) is 7.06. The lowest BCUT2D eigenvalue weighted by molar-refractivity contribution is 0.554. The van der Waals surface area contributed by atoms with Crippen LogP contribution in [0.1, 0.15) is 71.1 Å². The van der Waals surface area contributed by atoms with Gasteiger partial charge in [0, 0.05) is 6.54 Å². The largest absolute Gasteiger partial charge is 0.330 e. The Morgan fingerprint density at radius 3 is 1.62 bits per heavy atom. The van der Waals surface area contributed by atoms with Crippen molar-refractivity contribution < 1.29 is 0 Å². The van der Waals surface area contributed by atoms with Gasteiger partial charge >= 0.3 is 0 Å².